The summed E-state index contributed by atoms with van der Waals surface area (Å²) in [6, 6.07) is 6.32. The third-order valence-corrected chi connectivity index (χ3v) is 8.58. The van der Waals surface area contributed by atoms with Gasteiger partial charge in [0.05, 0.1) is 12.3 Å². The number of carbonyl (C=O) groups is 1. The molecule has 2 aliphatic rings. The maximum Gasteiger partial charge on any atom is 0.263 e. The number of ether oxygens (including phenoxy) is 1. The summed E-state index contributed by atoms with van der Waals surface area (Å²) < 4.78 is 5.41. The van der Waals surface area contributed by atoms with Gasteiger partial charge in [0.2, 0.25) is 0 Å². The predicted octanol–water partition coefficient (Wildman–Crippen LogP) is 2.98. The van der Waals surface area contributed by atoms with Crippen LogP contribution in [0.3, 0.4) is 0 Å². The first-order valence-corrected chi connectivity index (χ1v) is 13.0. The lowest BCUT2D eigenvalue weighted by Crippen LogP contribution is -2.41. The highest BCUT2D eigenvalue weighted by Crippen LogP contribution is 2.36. The van der Waals surface area contributed by atoms with Gasteiger partial charge in [-0.25, -0.2) is 9.97 Å². The number of rotatable bonds is 5. The molecule has 5 N–H and O–H groups in total. The Labute approximate surface area is 210 Å². The molecule has 5 rings (SSSR count). The summed E-state index contributed by atoms with van der Waals surface area (Å²) in [6.45, 7) is 8.38. The first-order valence-electron chi connectivity index (χ1n) is 12.1. The molecule has 0 bridgehead atoms. The number of aromatic nitrogens is 2. The van der Waals surface area contributed by atoms with Crippen LogP contribution in [0.5, 0.6) is 0 Å². The van der Waals surface area contributed by atoms with Crippen molar-refractivity contribution in [3.8, 4) is 0 Å². The van der Waals surface area contributed by atoms with E-state index >= 15 is 0 Å². The number of thiophene rings is 1. The third kappa shape index (κ3) is 4.37. The van der Waals surface area contributed by atoms with Crippen LogP contribution < -0.4 is 21.7 Å². The van der Waals surface area contributed by atoms with Crippen LogP contribution in [0, 0.1) is 19.3 Å². The highest BCUT2D eigenvalue weighted by molar-refractivity contribution is 7.21. The second-order valence-electron chi connectivity index (χ2n) is 10.4. The number of nitrogens with zero attached hydrogens (tertiary/aromatic N) is 3. The molecule has 0 radical (unpaired) electrons. The molecule has 0 spiro atoms. The largest absolute Gasteiger partial charge is 0.397 e. The molecular weight excluding hydrogens is 460 g/mol. The minimum Gasteiger partial charge on any atom is -0.397 e. The number of aryl methyl sites for hydroxylation is 3. The zero-order valence-corrected chi connectivity index (χ0v) is 21.7. The lowest BCUT2D eigenvalue weighted by atomic mass is 9.87. The van der Waals surface area contributed by atoms with Crippen molar-refractivity contribution in [2.24, 2.45) is 11.1 Å². The van der Waals surface area contributed by atoms with E-state index < -0.39 is 0 Å². The fraction of sp³-hybridized carbons (Fsp3) is 0.500. The minimum atomic E-state index is -0.121. The van der Waals surface area contributed by atoms with E-state index in [1.54, 1.807) is 7.11 Å². The molecule has 3 aromatic heterocycles. The van der Waals surface area contributed by atoms with Crippen molar-refractivity contribution in [2.75, 3.05) is 37.4 Å². The Balaban J connectivity index is 1.28. The van der Waals surface area contributed by atoms with Gasteiger partial charge in [-0.3, -0.25) is 4.79 Å². The number of hydrogen-bond acceptors (Lipinski definition) is 8. The smallest absolute Gasteiger partial charge is 0.263 e. The number of nitrogen functional groups attached to an aromatic ring is 1. The van der Waals surface area contributed by atoms with Crippen molar-refractivity contribution >= 4 is 39.0 Å². The van der Waals surface area contributed by atoms with Gasteiger partial charge >= 0.3 is 0 Å². The average molecular weight is 495 g/mol. The van der Waals surface area contributed by atoms with Crippen molar-refractivity contribution in [3.05, 3.63) is 45.6 Å². The molecule has 3 aromatic rings. The number of nitrogens with one attached hydrogen (secondary N) is 1. The zero-order chi connectivity index (χ0) is 24.9. The molecule has 1 amide bonds. The van der Waals surface area contributed by atoms with Gasteiger partial charge < -0.3 is 26.4 Å². The summed E-state index contributed by atoms with van der Waals surface area (Å²) in [6.07, 6.45) is 2.43. The number of fused-ring (bicyclic) bond motifs is 2. The van der Waals surface area contributed by atoms with Crippen molar-refractivity contribution in [3.63, 3.8) is 0 Å². The number of hydrogen-bond donors (Lipinski definition) is 3. The van der Waals surface area contributed by atoms with E-state index in [9.17, 15) is 4.79 Å². The van der Waals surface area contributed by atoms with Crippen LogP contribution in [0.1, 0.15) is 45.5 Å². The maximum absolute atomic E-state index is 13.1. The van der Waals surface area contributed by atoms with Gasteiger partial charge in [0.1, 0.15) is 15.5 Å². The van der Waals surface area contributed by atoms with Crippen LogP contribution in [-0.2, 0) is 17.6 Å². The Kier molecular flexibility index (Phi) is 6.19. The summed E-state index contributed by atoms with van der Waals surface area (Å²) in [5.74, 6) is 0.849. The molecule has 9 heteroatoms. The zero-order valence-electron chi connectivity index (χ0n) is 20.9. The molecule has 3 unspecified atom stereocenters. The van der Waals surface area contributed by atoms with Crippen molar-refractivity contribution in [1.82, 2.24) is 15.3 Å². The summed E-state index contributed by atoms with van der Waals surface area (Å²) in [7, 11) is 1.72. The van der Waals surface area contributed by atoms with Gasteiger partial charge in [0.25, 0.3) is 5.91 Å². The van der Waals surface area contributed by atoms with Crippen LogP contribution in [0.4, 0.5) is 11.5 Å². The molecule has 3 atom stereocenters. The van der Waals surface area contributed by atoms with E-state index in [4.69, 9.17) is 21.2 Å². The number of pyridine rings is 2. The Morgan fingerprint density at radius 1 is 1.34 bits per heavy atom. The molecule has 0 saturated carbocycles. The second-order valence-corrected chi connectivity index (χ2v) is 11.4. The van der Waals surface area contributed by atoms with E-state index in [1.807, 2.05) is 19.9 Å². The highest BCUT2D eigenvalue weighted by atomic mass is 32.1. The van der Waals surface area contributed by atoms with Gasteiger partial charge in [0, 0.05) is 54.5 Å². The molecule has 0 aromatic carbocycles. The molecule has 1 saturated heterocycles. The Morgan fingerprint density at radius 3 is 2.91 bits per heavy atom. The van der Waals surface area contributed by atoms with Crippen LogP contribution in [0.2, 0.25) is 0 Å². The van der Waals surface area contributed by atoms with Crippen LogP contribution >= 0.6 is 11.3 Å². The quantitative estimate of drug-likeness (QED) is 0.499. The number of nitrogens with two attached hydrogens (primary N) is 2. The number of carbonyl (C=O) groups excluding carboxylic acids is 1. The topological polar surface area (TPSA) is 119 Å². The van der Waals surface area contributed by atoms with Crippen molar-refractivity contribution in [2.45, 2.75) is 52.1 Å². The molecule has 4 heterocycles. The number of amides is 1. The normalized spacial score (nSPS) is 24.1. The summed E-state index contributed by atoms with van der Waals surface area (Å²) in [4.78, 5) is 26.3. The van der Waals surface area contributed by atoms with Crippen molar-refractivity contribution in [1.29, 1.82) is 0 Å². The monoisotopic (exact) mass is 494 g/mol. The van der Waals surface area contributed by atoms with Crippen LogP contribution in [0.25, 0.3) is 10.2 Å². The van der Waals surface area contributed by atoms with E-state index in [1.165, 1.54) is 16.9 Å². The second kappa shape index (κ2) is 9.04. The van der Waals surface area contributed by atoms with Gasteiger partial charge in [-0.2, -0.15) is 0 Å². The van der Waals surface area contributed by atoms with Gasteiger partial charge in [-0.05, 0) is 56.4 Å². The number of methoxy groups -OCH3 is 1. The maximum atomic E-state index is 13.1. The molecule has 1 fully saturated rings. The van der Waals surface area contributed by atoms with Crippen LogP contribution in [-0.4, -0.2) is 54.8 Å². The van der Waals surface area contributed by atoms with Gasteiger partial charge in [-0.1, -0.05) is 13.0 Å². The molecule has 186 valence electrons. The first kappa shape index (κ1) is 24.0. The van der Waals surface area contributed by atoms with E-state index in [0.717, 1.165) is 65.3 Å². The molecular formula is C26H34N6O2S. The first-order chi connectivity index (χ1) is 16.7. The molecule has 35 heavy (non-hydrogen) atoms. The summed E-state index contributed by atoms with van der Waals surface area (Å²) in [5, 5.41) is 4.10. The SMILES string of the molecule is COCC1(C)CN(c2ccc3c(n2)CCC(NC(=O)c2sc4nc(C)cc(C)c4c2N)C3)CC1N. The average Bonchev–Trinajstić information content (AvgIpc) is 3.29. The number of anilines is 2. The fourth-order valence-corrected chi connectivity index (χ4v) is 6.64. The predicted molar refractivity (Wildman–Crippen MR) is 141 cm³/mol. The lowest BCUT2D eigenvalue weighted by Gasteiger charge is -2.28. The summed E-state index contributed by atoms with van der Waals surface area (Å²) >= 11 is 1.37. The summed E-state index contributed by atoms with van der Waals surface area (Å²) in [5.41, 5.74) is 17.5. The van der Waals surface area contributed by atoms with E-state index in [0.29, 0.717) is 17.2 Å². The Hall–Kier alpha value is -2.75. The lowest BCUT2D eigenvalue weighted by molar-refractivity contribution is 0.0938. The Bertz CT molecular complexity index is 1290. The third-order valence-electron chi connectivity index (χ3n) is 7.48. The molecule has 8 nitrogen and oxygen atoms in total. The Morgan fingerprint density at radius 2 is 2.14 bits per heavy atom. The standard InChI is InChI=1S/C26H34N6O2S/c1-14-9-15(2)29-25-21(14)22(28)23(35-25)24(33)30-17-6-7-18-16(10-17)5-8-20(31-18)32-11-19(27)26(3,12-32)13-34-4/h5,8-9,17,19H,6-7,10-13,27-28H2,1-4H3,(H,30,33). The fourth-order valence-electron chi connectivity index (χ4n) is 5.52. The van der Waals surface area contributed by atoms with Crippen LogP contribution in [0.15, 0.2) is 18.2 Å². The van der Waals surface area contributed by atoms with E-state index in [2.05, 4.69) is 34.3 Å². The molecule has 1 aliphatic heterocycles. The van der Waals surface area contributed by atoms with Crippen molar-refractivity contribution < 1.29 is 9.53 Å². The van der Waals surface area contributed by atoms with E-state index in [-0.39, 0.29) is 23.4 Å². The highest BCUT2D eigenvalue weighted by Gasteiger charge is 2.41. The van der Waals surface area contributed by atoms with Gasteiger partial charge in [-0.15, -0.1) is 11.3 Å². The minimum absolute atomic E-state index is 0.0455. The van der Waals surface area contributed by atoms with Gasteiger partial charge in [0.15, 0.2) is 0 Å². The molecule has 1 aliphatic carbocycles.